The Kier molecular flexibility index (Phi) is 5.21. The summed E-state index contributed by atoms with van der Waals surface area (Å²) in [6, 6.07) is 13.2. The molecule has 0 saturated heterocycles. The topological polar surface area (TPSA) is 73.8 Å². The van der Waals surface area contributed by atoms with Crippen LogP contribution < -0.4 is 5.56 Å². The molecule has 0 saturated carbocycles. The number of hydrogen-bond donors (Lipinski definition) is 0. The van der Waals surface area contributed by atoms with Gasteiger partial charge < -0.3 is 4.52 Å². The SMILES string of the molecule is CCCn1c(SCc2noc(-c3ccc(F)cc3)n2)nc2ccccc2c1=O. The van der Waals surface area contributed by atoms with Gasteiger partial charge in [0.25, 0.3) is 11.4 Å². The number of fused-ring (bicyclic) bond motifs is 1. The van der Waals surface area contributed by atoms with Crippen LogP contribution in [0.25, 0.3) is 22.4 Å². The molecule has 142 valence electrons. The van der Waals surface area contributed by atoms with Crippen molar-refractivity contribution in [2.75, 3.05) is 0 Å². The molecule has 0 aliphatic heterocycles. The summed E-state index contributed by atoms with van der Waals surface area (Å²) in [6.45, 7) is 2.61. The zero-order valence-electron chi connectivity index (χ0n) is 15.1. The second-order valence-corrected chi connectivity index (χ2v) is 7.12. The number of hydrogen-bond acceptors (Lipinski definition) is 6. The lowest BCUT2D eigenvalue weighted by Crippen LogP contribution is -2.23. The van der Waals surface area contributed by atoms with Crippen LogP contribution in [0.5, 0.6) is 0 Å². The van der Waals surface area contributed by atoms with Crippen LogP contribution in [0.4, 0.5) is 4.39 Å². The summed E-state index contributed by atoms with van der Waals surface area (Å²) < 4.78 is 20.0. The first-order valence-electron chi connectivity index (χ1n) is 8.86. The zero-order chi connectivity index (χ0) is 19.5. The molecule has 4 aromatic rings. The molecule has 0 aliphatic rings. The summed E-state index contributed by atoms with van der Waals surface area (Å²) in [4.78, 5) is 21.8. The average Bonchev–Trinajstić information content (AvgIpc) is 3.18. The Labute approximate surface area is 164 Å². The van der Waals surface area contributed by atoms with Crippen LogP contribution in [0.3, 0.4) is 0 Å². The summed E-state index contributed by atoms with van der Waals surface area (Å²) >= 11 is 1.39. The largest absolute Gasteiger partial charge is 0.334 e. The van der Waals surface area contributed by atoms with E-state index in [4.69, 9.17) is 4.52 Å². The van der Waals surface area contributed by atoms with Gasteiger partial charge in [0, 0.05) is 12.1 Å². The maximum Gasteiger partial charge on any atom is 0.262 e. The molecule has 0 N–H and O–H groups in total. The highest BCUT2D eigenvalue weighted by molar-refractivity contribution is 7.98. The van der Waals surface area contributed by atoms with Crippen LogP contribution in [0.1, 0.15) is 19.2 Å². The molecule has 2 heterocycles. The van der Waals surface area contributed by atoms with E-state index in [2.05, 4.69) is 15.1 Å². The highest BCUT2D eigenvalue weighted by atomic mass is 32.2. The van der Waals surface area contributed by atoms with Crippen molar-refractivity contribution in [3.05, 3.63) is 70.5 Å². The Morgan fingerprint density at radius 3 is 2.68 bits per heavy atom. The van der Waals surface area contributed by atoms with Gasteiger partial charge in [-0.2, -0.15) is 4.98 Å². The van der Waals surface area contributed by atoms with Gasteiger partial charge in [0.1, 0.15) is 5.82 Å². The van der Waals surface area contributed by atoms with Crippen molar-refractivity contribution >= 4 is 22.7 Å². The number of benzene rings is 2. The number of rotatable bonds is 6. The van der Waals surface area contributed by atoms with Gasteiger partial charge in [-0.15, -0.1) is 0 Å². The van der Waals surface area contributed by atoms with Gasteiger partial charge in [0.15, 0.2) is 11.0 Å². The smallest absolute Gasteiger partial charge is 0.262 e. The summed E-state index contributed by atoms with van der Waals surface area (Å²) in [5.74, 6) is 0.886. The Hall–Kier alpha value is -3.00. The number of nitrogens with zero attached hydrogens (tertiary/aromatic N) is 4. The molecule has 4 rings (SSSR count). The van der Waals surface area contributed by atoms with Crippen molar-refractivity contribution in [1.29, 1.82) is 0 Å². The highest BCUT2D eigenvalue weighted by Gasteiger charge is 2.14. The second kappa shape index (κ2) is 7.93. The summed E-state index contributed by atoms with van der Waals surface area (Å²) in [6.07, 6.45) is 0.824. The van der Waals surface area contributed by atoms with Crippen molar-refractivity contribution in [3.63, 3.8) is 0 Å². The van der Waals surface area contributed by atoms with E-state index in [9.17, 15) is 9.18 Å². The van der Waals surface area contributed by atoms with E-state index in [-0.39, 0.29) is 11.4 Å². The average molecular weight is 396 g/mol. The van der Waals surface area contributed by atoms with Crippen molar-refractivity contribution in [3.8, 4) is 11.5 Å². The van der Waals surface area contributed by atoms with Gasteiger partial charge in [-0.05, 0) is 42.8 Å². The van der Waals surface area contributed by atoms with Crippen LogP contribution in [0.2, 0.25) is 0 Å². The number of aromatic nitrogens is 4. The minimum Gasteiger partial charge on any atom is -0.334 e. The van der Waals surface area contributed by atoms with Gasteiger partial charge >= 0.3 is 0 Å². The molecule has 0 radical (unpaired) electrons. The summed E-state index contributed by atoms with van der Waals surface area (Å²) in [5.41, 5.74) is 1.27. The number of thioether (sulfide) groups is 1. The first-order valence-corrected chi connectivity index (χ1v) is 9.85. The monoisotopic (exact) mass is 396 g/mol. The standard InChI is InChI=1S/C20H17FN4O2S/c1-2-11-25-19(26)15-5-3-4-6-16(15)22-20(25)28-12-17-23-18(27-24-17)13-7-9-14(21)10-8-13/h3-10H,2,11-12H2,1H3. The van der Waals surface area contributed by atoms with Gasteiger partial charge in [-0.3, -0.25) is 9.36 Å². The molecular weight excluding hydrogens is 379 g/mol. The predicted octanol–water partition coefficient (Wildman–Crippen LogP) is 4.29. The van der Waals surface area contributed by atoms with E-state index < -0.39 is 0 Å². The fourth-order valence-corrected chi connectivity index (χ4v) is 3.70. The first-order chi connectivity index (χ1) is 13.7. The molecule has 0 atom stereocenters. The highest BCUT2D eigenvalue weighted by Crippen LogP contribution is 2.23. The summed E-state index contributed by atoms with van der Waals surface area (Å²) in [7, 11) is 0. The lowest BCUT2D eigenvalue weighted by molar-refractivity contribution is 0.425. The Balaban J connectivity index is 1.59. The van der Waals surface area contributed by atoms with Crippen LogP contribution >= 0.6 is 11.8 Å². The second-order valence-electron chi connectivity index (χ2n) is 6.18. The normalized spacial score (nSPS) is 11.2. The zero-order valence-corrected chi connectivity index (χ0v) is 15.9. The van der Waals surface area contributed by atoms with Gasteiger partial charge in [0.05, 0.1) is 16.7 Å². The summed E-state index contributed by atoms with van der Waals surface area (Å²) in [5, 5.41) is 5.21. The van der Waals surface area contributed by atoms with Crippen molar-refractivity contribution in [1.82, 2.24) is 19.7 Å². The molecule has 0 unspecified atom stereocenters. The van der Waals surface area contributed by atoms with Crippen LogP contribution in [0.15, 0.2) is 63.0 Å². The minimum absolute atomic E-state index is 0.0462. The molecule has 28 heavy (non-hydrogen) atoms. The Bertz CT molecular complexity index is 1170. The van der Waals surface area contributed by atoms with Crippen molar-refractivity contribution in [2.24, 2.45) is 0 Å². The number of para-hydroxylation sites is 1. The molecule has 0 amide bonds. The third-order valence-electron chi connectivity index (χ3n) is 4.16. The maximum absolute atomic E-state index is 13.1. The van der Waals surface area contributed by atoms with Gasteiger partial charge in [-0.1, -0.05) is 36.0 Å². The van der Waals surface area contributed by atoms with E-state index in [1.165, 1.54) is 23.9 Å². The molecule has 2 aromatic heterocycles. The molecule has 6 nitrogen and oxygen atoms in total. The fourth-order valence-electron chi connectivity index (χ4n) is 2.83. The van der Waals surface area contributed by atoms with Gasteiger partial charge in [-0.25, -0.2) is 9.37 Å². The third-order valence-corrected chi connectivity index (χ3v) is 5.14. The maximum atomic E-state index is 13.1. The lowest BCUT2D eigenvalue weighted by Gasteiger charge is -2.11. The fraction of sp³-hybridized carbons (Fsp3) is 0.200. The lowest BCUT2D eigenvalue weighted by atomic mass is 10.2. The Morgan fingerprint density at radius 2 is 1.89 bits per heavy atom. The van der Waals surface area contributed by atoms with E-state index in [0.717, 1.165) is 6.42 Å². The Morgan fingerprint density at radius 1 is 1.11 bits per heavy atom. The van der Waals surface area contributed by atoms with Crippen LogP contribution in [-0.2, 0) is 12.3 Å². The molecule has 0 bridgehead atoms. The van der Waals surface area contributed by atoms with E-state index in [1.807, 2.05) is 25.1 Å². The van der Waals surface area contributed by atoms with E-state index >= 15 is 0 Å². The van der Waals surface area contributed by atoms with Crippen LogP contribution in [0, 0.1) is 5.82 Å². The molecule has 0 fully saturated rings. The van der Waals surface area contributed by atoms with Gasteiger partial charge in [0.2, 0.25) is 0 Å². The minimum atomic E-state index is -0.324. The molecule has 0 spiro atoms. The molecule has 8 heteroatoms. The van der Waals surface area contributed by atoms with Crippen molar-refractivity contribution in [2.45, 2.75) is 30.8 Å². The van der Waals surface area contributed by atoms with Crippen molar-refractivity contribution < 1.29 is 8.91 Å². The van der Waals surface area contributed by atoms with Crippen LogP contribution in [-0.4, -0.2) is 19.7 Å². The molecule has 0 aliphatic carbocycles. The number of halogens is 1. The van der Waals surface area contributed by atoms with E-state index in [0.29, 0.717) is 45.6 Å². The third kappa shape index (κ3) is 3.68. The molecular formula is C20H17FN4O2S. The predicted molar refractivity (Wildman–Crippen MR) is 106 cm³/mol. The quantitative estimate of drug-likeness (QED) is 0.358. The first kappa shape index (κ1) is 18.4. The molecule has 2 aromatic carbocycles. The van der Waals surface area contributed by atoms with E-state index in [1.54, 1.807) is 22.8 Å².